The fourth-order valence-corrected chi connectivity index (χ4v) is 3.79. The van der Waals surface area contributed by atoms with Crippen molar-refractivity contribution in [3.63, 3.8) is 0 Å². The quantitative estimate of drug-likeness (QED) is 0.336. The van der Waals surface area contributed by atoms with Crippen LogP contribution in [0.15, 0.2) is 89.8 Å². The van der Waals surface area contributed by atoms with Crippen LogP contribution in [-0.4, -0.2) is 25.6 Å². The number of anilines is 1. The molecule has 1 amide bonds. The Morgan fingerprint density at radius 2 is 1.79 bits per heavy atom. The molecule has 0 aliphatic rings. The second-order valence-electron chi connectivity index (χ2n) is 7.80. The molecule has 0 aliphatic carbocycles. The number of carbonyl (C=O) groups is 1. The maximum Gasteiger partial charge on any atom is 0.278 e. The summed E-state index contributed by atoms with van der Waals surface area (Å²) in [6.45, 7) is 2.61. The number of rotatable bonds is 6. The molecule has 2 heterocycles. The van der Waals surface area contributed by atoms with Gasteiger partial charge in [-0.1, -0.05) is 65.3 Å². The van der Waals surface area contributed by atoms with Gasteiger partial charge in [0.05, 0.1) is 16.9 Å². The van der Waals surface area contributed by atoms with Crippen LogP contribution in [0.3, 0.4) is 0 Å². The van der Waals surface area contributed by atoms with Crippen molar-refractivity contribution in [1.29, 1.82) is 0 Å². The molecule has 0 spiro atoms. The standard InChI is InChI=1S/C26H20ClN5O2/c1-17-6-2-3-7-20(17)24-30-26(34-31-24)23-15-32(16-28-23)14-18-10-12-19(13-11-18)29-25(33)21-8-4-5-9-22(21)27/h2-13,15-16H,14H2,1H3,(H,29,33). The van der Waals surface area contributed by atoms with Crippen molar-refractivity contribution >= 4 is 23.2 Å². The van der Waals surface area contributed by atoms with Crippen LogP contribution in [0.4, 0.5) is 5.69 Å². The molecule has 5 aromatic rings. The SMILES string of the molecule is Cc1ccccc1-c1noc(-c2cn(Cc3ccc(NC(=O)c4ccccc4Cl)cc3)cn2)n1. The lowest BCUT2D eigenvalue weighted by atomic mass is 10.1. The summed E-state index contributed by atoms with van der Waals surface area (Å²) in [6, 6.07) is 22.4. The number of hydrogen-bond donors (Lipinski definition) is 1. The monoisotopic (exact) mass is 469 g/mol. The largest absolute Gasteiger partial charge is 0.332 e. The van der Waals surface area contributed by atoms with Gasteiger partial charge >= 0.3 is 0 Å². The minimum absolute atomic E-state index is 0.248. The Bertz CT molecular complexity index is 1460. The van der Waals surface area contributed by atoms with Gasteiger partial charge in [-0.05, 0) is 42.3 Å². The lowest BCUT2D eigenvalue weighted by Crippen LogP contribution is -2.12. The number of halogens is 1. The van der Waals surface area contributed by atoms with E-state index in [9.17, 15) is 4.79 Å². The van der Waals surface area contributed by atoms with Crippen molar-refractivity contribution in [2.75, 3.05) is 5.32 Å². The van der Waals surface area contributed by atoms with Crippen LogP contribution < -0.4 is 5.32 Å². The molecule has 7 nitrogen and oxygen atoms in total. The Balaban J connectivity index is 1.25. The van der Waals surface area contributed by atoms with Crippen molar-refractivity contribution in [3.8, 4) is 23.0 Å². The Hall–Kier alpha value is -4.23. The molecule has 0 saturated carbocycles. The fraction of sp³-hybridized carbons (Fsp3) is 0.0769. The van der Waals surface area contributed by atoms with Gasteiger partial charge in [-0.25, -0.2) is 4.98 Å². The molecule has 0 unspecified atom stereocenters. The minimum atomic E-state index is -0.248. The molecular weight excluding hydrogens is 450 g/mol. The molecule has 0 saturated heterocycles. The molecular formula is C26H20ClN5O2. The van der Waals surface area contributed by atoms with Crippen molar-refractivity contribution in [3.05, 3.63) is 107 Å². The van der Waals surface area contributed by atoms with E-state index in [0.717, 1.165) is 16.7 Å². The Morgan fingerprint density at radius 1 is 1.03 bits per heavy atom. The number of aryl methyl sites for hydroxylation is 1. The summed E-state index contributed by atoms with van der Waals surface area (Å²) in [5.74, 6) is 0.661. The summed E-state index contributed by atoms with van der Waals surface area (Å²) >= 11 is 6.10. The van der Waals surface area contributed by atoms with Gasteiger partial charge in [0.25, 0.3) is 11.8 Å². The zero-order valence-corrected chi connectivity index (χ0v) is 19.0. The van der Waals surface area contributed by atoms with E-state index in [0.29, 0.717) is 40.2 Å². The second-order valence-corrected chi connectivity index (χ2v) is 8.21. The van der Waals surface area contributed by atoms with E-state index in [2.05, 4.69) is 20.4 Å². The zero-order valence-electron chi connectivity index (χ0n) is 18.3. The third kappa shape index (κ3) is 4.60. The maximum atomic E-state index is 12.4. The molecule has 168 valence electrons. The van der Waals surface area contributed by atoms with Gasteiger partial charge in [-0.3, -0.25) is 4.79 Å². The molecule has 0 radical (unpaired) electrons. The lowest BCUT2D eigenvalue weighted by Gasteiger charge is -2.08. The second kappa shape index (κ2) is 9.33. The van der Waals surface area contributed by atoms with Gasteiger partial charge in [0.1, 0.15) is 5.69 Å². The van der Waals surface area contributed by atoms with E-state index in [1.165, 1.54) is 0 Å². The maximum absolute atomic E-state index is 12.4. The molecule has 5 rings (SSSR count). The summed E-state index contributed by atoms with van der Waals surface area (Å²) in [5, 5.41) is 7.38. The average Bonchev–Trinajstić information content (AvgIpc) is 3.51. The third-order valence-electron chi connectivity index (χ3n) is 5.36. The molecule has 0 atom stereocenters. The van der Waals surface area contributed by atoms with Crippen LogP contribution in [-0.2, 0) is 6.54 Å². The summed E-state index contributed by atoms with van der Waals surface area (Å²) < 4.78 is 7.37. The molecule has 34 heavy (non-hydrogen) atoms. The highest BCUT2D eigenvalue weighted by Gasteiger charge is 2.14. The summed E-state index contributed by atoms with van der Waals surface area (Å²) in [6.07, 6.45) is 3.59. The predicted octanol–water partition coefficient (Wildman–Crippen LogP) is 5.86. The van der Waals surface area contributed by atoms with E-state index in [1.54, 1.807) is 30.6 Å². The van der Waals surface area contributed by atoms with Crippen molar-refractivity contribution < 1.29 is 9.32 Å². The van der Waals surface area contributed by atoms with E-state index in [-0.39, 0.29) is 5.91 Å². The molecule has 1 N–H and O–H groups in total. The molecule has 0 bridgehead atoms. The van der Waals surface area contributed by atoms with E-state index in [1.807, 2.05) is 66.2 Å². The van der Waals surface area contributed by atoms with Gasteiger partial charge in [-0.2, -0.15) is 4.98 Å². The molecule has 0 aliphatic heterocycles. The van der Waals surface area contributed by atoms with Crippen LogP contribution >= 0.6 is 11.6 Å². The Morgan fingerprint density at radius 3 is 2.59 bits per heavy atom. The zero-order chi connectivity index (χ0) is 23.5. The van der Waals surface area contributed by atoms with Gasteiger partial charge in [0.15, 0.2) is 0 Å². The summed E-state index contributed by atoms with van der Waals surface area (Å²) in [7, 11) is 0. The number of benzene rings is 3. The highest BCUT2D eigenvalue weighted by atomic mass is 35.5. The molecule has 0 fully saturated rings. The van der Waals surface area contributed by atoms with E-state index in [4.69, 9.17) is 16.1 Å². The van der Waals surface area contributed by atoms with Crippen molar-refractivity contribution in [1.82, 2.24) is 19.7 Å². The first-order valence-electron chi connectivity index (χ1n) is 10.6. The summed E-state index contributed by atoms with van der Waals surface area (Å²) in [5.41, 5.74) is 4.78. The van der Waals surface area contributed by atoms with Crippen LogP contribution in [0.1, 0.15) is 21.5 Å². The first kappa shape index (κ1) is 21.6. The predicted molar refractivity (Wildman–Crippen MR) is 131 cm³/mol. The van der Waals surface area contributed by atoms with Crippen LogP contribution in [0.2, 0.25) is 5.02 Å². The average molecular weight is 470 g/mol. The Kier molecular flexibility index (Phi) is 5.93. The lowest BCUT2D eigenvalue weighted by molar-refractivity contribution is 0.102. The first-order chi connectivity index (χ1) is 16.6. The number of aromatic nitrogens is 4. The molecule has 3 aromatic carbocycles. The number of amides is 1. The van der Waals surface area contributed by atoms with Crippen LogP contribution in [0, 0.1) is 6.92 Å². The van der Waals surface area contributed by atoms with Gasteiger partial charge in [0, 0.05) is 24.0 Å². The van der Waals surface area contributed by atoms with Crippen LogP contribution in [0.5, 0.6) is 0 Å². The van der Waals surface area contributed by atoms with Crippen molar-refractivity contribution in [2.24, 2.45) is 0 Å². The van der Waals surface area contributed by atoms with Gasteiger partial charge < -0.3 is 14.4 Å². The van der Waals surface area contributed by atoms with Crippen LogP contribution in [0.25, 0.3) is 23.0 Å². The highest BCUT2D eigenvalue weighted by Crippen LogP contribution is 2.24. The topological polar surface area (TPSA) is 85.8 Å². The van der Waals surface area contributed by atoms with E-state index >= 15 is 0 Å². The number of carbonyl (C=O) groups excluding carboxylic acids is 1. The van der Waals surface area contributed by atoms with Gasteiger partial charge in [0.2, 0.25) is 5.82 Å². The highest BCUT2D eigenvalue weighted by molar-refractivity contribution is 6.34. The summed E-state index contributed by atoms with van der Waals surface area (Å²) in [4.78, 5) is 21.3. The fourth-order valence-electron chi connectivity index (χ4n) is 3.57. The Labute approximate surface area is 201 Å². The molecule has 2 aromatic heterocycles. The third-order valence-corrected chi connectivity index (χ3v) is 5.69. The first-order valence-corrected chi connectivity index (χ1v) is 11.0. The normalized spacial score (nSPS) is 10.9. The minimum Gasteiger partial charge on any atom is -0.332 e. The molecule has 8 heteroatoms. The van der Waals surface area contributed by atoms with Crippen molar-refractivity contribution in [2.45, 2.75) is 13.5 Å². The number of nitrogens with one attached hydrogen (secondary N) is 1. The number of imidazole rings is 1. The number of hydrogen-bond acceptors (Lipinski definition) is 5. The number of nitrogens with zero attached hydrogens (tertiary/aromatic N) is 4. The van der Waals surface area contributed by atoms with Gasteiger partial charge in [-0.15, -0.1) is 0 Å². The smallest absolute Gasteiger partial charge is 0.278 e. The van der Waals surface area contributed by atoms with E-state index < -0.39 is 0 Å².